The molecule has 1 amide bonds. The molecule has 0 aliphatic heterocycles. The lowest BCUT2D eigenvalue weighted by Gasteiger charge is -2.21. The molecule has 0 fully saturated rings. The minimum absolute atomic E-state index is 0.157. The Morgan fingerprint density at radius 1 is 1.18 bits per heavy atom. The molecule has 2 N–H and O–H groups in total. The van der Waals surface area contributed by atoms with Crippen LogP contribution in [0.3, 0.4) is 0 Å². The maximum Gasteiger partial charge on any atom is 0.358 e. The van der Waals surface area contributed by atoms with Crippen LogP contribution in [0.1, 0.15) is 38.3 Å². The standard InChI is InChI=1S/C22H25IN6O3S/c1-3-29(10-9-24-2)18-13-25-16(12-26-18)20(30)28-22-27-19(17(11-23)33-22)21(31)32-14-15-7-5-4-6-8-15/h4-8,12-13,24H,3,9-11,14H2,1-2H3,(H,27,28,30). The fraction of sp³-hybridized carbons (Fsp3) is 0.318. The van der Waals surface area contributed by atoms with Crippen LogP contribution in [0.5, 0.6) is 0 Å². The van der Waals surface area contributed by atoms with E-state index in [0.29, 0.717) is 15.4 Å². The van der Waals surface area contributed by atoms with Crippen molar-refractivity contribution in [3.8, 4) is 0 Å². The van der Waals surface area contributed by atoms with Gasteiger partial charge in [-0.15, -0.1) is 0 Å². The molecular formula is C22H25IN6O3S. The van der Waals surface area contributed by atoms with Gasteiger partial charge in [0, 0.05) is 24.1 Å². The minimum atomic E-state index is -0.521. The Bertz CT molecular complexity index is 1060. The number of likely N-dealkylation sites (N-methyl/N-ethyl adjacent to an activating group) is 2. The Morgan fingerprint density at radius 3 is 2.61 bits per heavy atom. The van der Waals surface area contributed by atoms with Crippen LogP contribution in [0.25, 0.3) is 0 Å². The van der Waals surface area contributed by atoms with Gasteiger partial charge in [-0.3, -0.25) is 10.1 Å². The number of hydrogen-bond donors (Lipinski definition) is 2. The summed E-state index contributed by atoms with van der Waals surface area (Å²) in [4.78, 5) is 40.9. The van der Waals surface area contributed by atoms with Crippen LogP contribution >= 0.6 is 33.9 Å². The number of ether oxygens (including phenoxy) is 1. The van der Waals surface area contributed by atoms with Gasteiger partial charge in [0.05, 0.1) is 17.3 Å². The molecule has 1 aromatic carbocycles. The quantitative estimate of drug-likeness (QED) is 0.202. The molecule has 174 valence electrons. The molecule has 0 aliphatic carbocycles. The summed E-state index contributed by atoms with van der Waals surface area (Å²) in [7, 11) is 1.89. The summed E-state index contributed by atoms with van der Waals surface area (Å²) < 4.78 is 5.96. The second-order valence-electron chi connectivity index (χ2n) is 6.88. The average molecular weight is 580 g/mol. The third kappa shape index (κ3) is 6.92. The SMILES string of the molecule is CCN(CCNC)c1cnc(C(=O)Nc2nc(C(=O)OCc3ccccc3)c(CI)s2)cn1. The van der Waals surface area contributed by atoms with E-state index >= 15 is 0 Å². The Hall–Kier alpha value is -2.64. The highest BCUT2D eigenvalue weighted by molar-refractivity contribution is 14.1. The van der Waals surface area contributed by atoms with Crippen LogP contribution < -0.4 is 15.5 Å². The zero-order valence-corrected chi connectivity index (χ0v) is 21.4. The number of esters is 1. The van der Waals surface area contributed by atoms with Gasteiger partial charge in [0.1, 0.15) is 18.1 Å². The predicted molar refractivity (Wildman–Crippen MR) is 137 cm³/mol. The molecule has 9 nitrogen and oxygen atoms in total. The summed E-state index contributed by atoms with van der Waals surface area (Å²) >= 11 is 3.39. The molecule has 0 atom stereocenters. The summed E-state index contributed by atoms with van der Waals surface area (Å²) in [5, 5.41) is 6.12. The predicted octanol–water partition coefficient (Wildman–Crippen LogP) is 3.52. The average Bonchev–Trinajstić information content (AvgIpc) is 3.27. The largest absolute Gasteiger partial charge is 0.456 e. The van der Waals surface area contributed by atoms with Crippen molar-refractivity contribution in [1.29, 1.82) is 0 Å². The maximum absolute atomic E-state index is 12.6. The zero-order chi connectivity index (χ0) is 23.6. The lowest BCUT2D eigenvalue weighted by Crippen LogP contribution is -2.31. The van der Waals surface area contributed by atoms with E-state index in [-0.39, 0.29) is 18.0 Å². The summed E-state index contributed by atoms with van der Waals surface area (Å²) in [5.74, 6) is -0.257. The number of nitrogens with one attached hydrogen (secondary N) is 2. The van der Waals surface area contributed by atoms with Gasteiger partial charge < -0.3 is 15.0 Å². The first kappa shape index (κ1) is 25.0. The molecule has 33 heavy (non-hydrogen) atoms. The van der Waals surface area contributed by atoms with Gasteiger partial charge in [-0.1, -0.05) is 64.3 Å². The number of carbonyl (C=O) groups excluding carboxylic acids is 2. The van der Waals surface area contributed by atoms with E-state index < -0.39 is 11.9 Å². The summed E-state index contributed by atoms with van der Waals surface area (Å²) in [6.07, 6.45) is 3.02. The number of halogens is 1. The van der Waals surface area contributed by atoms with Crippen molar-refractivity contribution in [3.05, 3.63) is 64.6 Å². The van der Waals surface area contributed by atoms with E-state index in [1.165, 1.54) is 17.5 Å². The number of thiazole rings is 1. The molecule has 0 radical (unpaired) electrons. The van der Waals surface area contributed by atoms with E-state index in [1.54, 1.807) is 6.20 Å². The van der Waals surface area contributed by atoms with Gasteiger partial charge in [0.25, 0.3) is 5.91 Å². The number of aromatic nitrogens is 3. The zero-order valence-electron chi connectivity index (χ0n) is 18.4. The number of hydrogen-bond acceptors (Lipinski definition) is 9. The molecule has 0 saturated carbocycles. The number of carbonyl (C=O) groups is 2. The summed E-state index contributed by atoms with van der Waals surface area (Å²) in [5.41, 5.74) is 1.27. The number of benzene rings is 1. The van der Waals surface area contributed by atoms with Crippen molar-refractivity contribution >= 4 is 56.8 Å². The fourth-order valence-corrected chi connectivity index (χ4v) is 4.51. The normalized spacial score (nSPS) is 10.6. The Kier molecular flexibility index (Phi) is 9.51. The molecular weight excluding hydrogens is 555 g/mol. The first-order chi connectivity index (χ1) is 16.0. The van der Waals surface area contributed by atoms with Crippen LogP contribution in [0.2, 0.25) is 0 Å². The van der Waals surface area contributed by atoms with E-state index in [9.17, 15) is 9.59 Å². The van der Waals surface area contributed by atoms with Crippen LogP contribution in [0.15, 0.2) is 42.7 Å². The topological polar surface area (TPSA) is 109 Å². The van der Waals surface area contributed by atoms with Crippen molar-refractivity contribution in [1.82, 2.24) is 20.3 Å². The smallest absolute Gasteiger partial charge is 0.358 e. The molecule has 0 bridgehead atoms. The number of alkyl halides is 1. The molecule has 0 aliphatic rings. The second kappa shape index (κ2) is 12.6. The van der Waals surface area contributed by atoms with Gasteiger partial charge in [-0.25, -0.2) is 19.7 Å². The van der Waals surface area contributed by atoms with Crippen molar-refractivity contribution in [2.75, 3.05) is 36.9 Å². The van der Waals surface area contributed by atoms with Crippen molar-refractivity contribution in [3.63, 3.8) is 0 Å². The summed E-state index contributed by atoms with van der Waals surface area (Å²) in [6, 6.07) is 9.43. The van der Waals surface area contributed by atoms with Gasteiger partial charge >= 0.3 is 5.97 Å². The van der Waals surface area contributed by atoms with Gasteiger partial charge in [0.2, 0.25) is 0 Å². The number of rotatable bonds is 11. The van der Waals surface area contributed by atoms with E-state index in [4.69, 9.17) is 4.74 Å². The van der Waals surface area contributed by atoms with Crippen LogP contribution in [0, 0.1) is 0 Å². The first-order valence-corrected chi connectivity index (χ1v) is 12.7. The number of amides is 1. The van der Waals surface area contributed by atoms with E-state index in [1.807, 2.05) is 44.3 Å². The van der Waals surface area contributed by atoms with E-state index in [2.05, 4.69) is 53.1 Å². The highest BCUT2D eigenvalue weighted by Gasteiger charge is 2.21. The lowest BCUT2D eigenvalue weighted by molar-refractivity contribution is 0.0465. The Morgan fingerprint density at radius 2 is 1.97 bits per heavy atom. The maximum atomic E-state index is 12.6. The van der Waals surface area contributed by atoms with Crippen LogP contribution in [0.4, 0.5) is 10.9 Å². The summed E-state index contributed by atoms with van der Waals surface area (Å²) in [6.45, 7) is 4.58. The van der Waals surface area contributed by atoms with Gasteiger partial charge in [-0.05, 0) is 19.5 Å². The third-order valence-electron chi connectivity index (χ3n) is 4.65. The van der Waals surface area contributed by atoms with Gasteiger partial charge in [-0.2, -0.15) is 0 Å². The minimum Gasteiger partial charge on any atom is -0.456 e. The molecule has 0 saturated heterocycles. The third-order valence-corrected chi connectivity index (χ3v) is 6.90. The van der Waals surface area contributed by atoms with Crippen molar-refractivity contribution in [2.45, 2.75) is 18.0 Å². The molecule has 3 aromatic rings. The Balaban J connectivity index is 1.65. The monoisotopic (exact) mass is 580 g/mol. The number of anilines is 2. The molecule has 3 rings (SSSR count). The van der Waals surface area contributed by atoms with Crippen LogP contribution in [-0.4, -0.2) is 53.5 Å². The van der Waals surface area contributed by atoms with E-state index in [0.717, 1.165) is 30.1 Å². The molecule has 11 heteroatoms. The fourth-order valence-electron chi connectivity index (χ4n) is 2.89. The first-order valence-electron chi connectivity index (χ1n) is 10.3. The van der Waals surface area contributed by atoms with Gasteiger partial charge in [0.15, 0.2) is 10.8 Å². The molecule has 0 unspecified atom stereocenters. The number of nitrogens with zero attached hydrogens (tertiary/aromatic N) is 4. The van der Waals surface area contributed by atoms with Crippen molar-refractivity contribution in [2.24, 2.45) is 0 Å². The second-order valence-corrected chi connectivity index (χ2v) is 8.73. The highest BCUT2D eigenvalue weighted by Crippen LogP contribution is 2.27. The van der Waals surface area contributed by atoms with Crippen molar-refractivity contribution < 1.29 is 14.3 Å². The molecule has 2 heterocycles. The molecule has 0 spiro atoms. The lowest BCUT2D eigenvalue weighted by atomic mass is 10.2. The van der Waals surface area contributed by atoms with Crippen LogP contribution in [-0.2, 0) is 15.8 Å². The molecule has 2 aromatic heterocycles. The Labute approximate surface area is 210 Å². The highest BCUT2D eigenvalue weighted by atomic mass is 127.